The number of aliphatic hydroxyl groups excluding tert-OH is 24. The molecule has 0 saturated carbocycles. The Morgan fingerprint density at radius 2 is 0.602 bits per heavy atom. The van der Waals surface area contributed by atoms with Crippen molar-refractivity contribution < 1.29 is 243 Å². The van der Waals surface area contributed by atoms with Gasteiger partial charge in [0.25, 0.3) is 0 Å². The smallest absolute Gasteiger partial charge is 0.317 e. The minimum atomic E-state index is -2.58. The Morgan fingerprint density at radius 3 is 0.844 bits per heavy atom. The van der Waals surface area contributed by atoms with Crippen molar-refractivity contribution in [2.75, 3.05) is 158 Å². The lowest BCUT2D eigenvalue weighted by molar-refractivity contribution is -0.324. The highest BCUT2D eigenvalue weighted by Crippen LogP contribution is 2.34. The van der Waals surface area contributed by atoms with E-state index in [1.165, 1.54) is 9.80 Å². The summed E-state index contributed by atoms with van der Waals surface area (Å²) in [5, 5.41) is 305. The highest BCUT2D eigenvalue weighted by molar-refractivity contribution is 5.86. The molecule has 0 spiro atoms. The predicted octanol–water partition coefficient (Wildman–Crippen LogP) is -21.4. The zero-order chi connectivity index (χ0) is 95.1. The van der Waals surface area contributed by atoms with Crippen LogP contribution in [0.15, 0.2) is 0 Å². The zero-order valence-electron chi connectivity index (χ0n) is 68.7. The van der Waals surface area contributed by atoms with Gasteiger partial charge in [0.05, 0.1) is 112 Å². The lowest BCUT2D eigenvalue weighted by Crippen LogP contribution is -2.65. The quantitative estimate of drug-likeness (QED) is 0.0269. The monoisotopic (exact) mass is 1870 g/mol. The summed E-state index contributed by atoms with van der Waals surface area (Å²) in [4.78, 5) is 125. The van der Waals surface area contributed by atoms with Gasteiger partial charge >= 0.3 is 23.9 Å². The first-order valence-electron chi connectivity index (χ1n) is 40.4. The Labute approximate surface area is 726 Å². The molecule has 0 aromatic rings. The lowest BCUT2D eigenvalue weighted by atomic mass is 9.89. The van der Waals surface area contributed by atoms with Crippen LogP contribution in [0, 0.1) is 0 Å². The van der Waals surface area contributed by atoms with Crippen molar-refractivity contribution in [3.63, 3.8) is 0 Å². The maximum atomic E-state index is 15.1. The summed E-state index contributed by atoms with van der Waals surface area (Å²) in [5.74, 6) is -11.7. The van der Waals surface area contributed by atoms with Crippen molar-refractivity contribution in [3.8, 4) is 0 Å². The Morgan fingerprint density at radius 1 is 0.336 bits per heavy atom. The summed E-state index contributed by atoms with van der Waals surface area (Å²) < 4.78 is 68.5. The molecule has 30 unspecified atom stereocenters. The molecule has 0 aromatic heterocycles. The van der Waals surface area contributed by atoms with Gasteiger partial charge in [0, 0.05) is 77.0 Å². The third-order valence-corrected chi connectivity index (χ3v) is 22.3. The van der Waals surface area contributed by atoms with Gasteiger partial charge in [0.2, 0.25) is 29.5 Å². The topological polar surface area (TPSA) is 892 Å². The summed E-state index contributed by atoms with van der Waals surface area (Å²) in [6.07, 6.45) is -65.5. The van der Waals surface area contributed by atoms with Crippen LogP contribution >= 0.6 is 0 Å². The minimum Gasteiger partial charge on any atom is -0.480 e. The highest BCUT2D eigenvalue weighted by Gasteiger charge is 2.55. The highest BCUT2D eigenvalue weighted by atomic mass is 16.8. The number of aliphatic carboxylic acids is 4. The van der Waals surface area contributed by atoms with Crippen molar-refractivity contribution in [3.05, 3.63) is 0 Å². The van der Waals surface area contributed by atoms with Gasteiger partial charge in [-0.05, 0) is 6.42 Å². The number of hydrogen-bond acceptors (Lipinski definition) is 48. The molecule has 7 aliphatic heterocycles. The second-order valence-electron chi connectivity index (χ2n) is 32.0. The molecule has 0 bridgehead atoms. The normalized spacial score (nSPS) is 35.8. The van der Waals surface area contributed by atoms with Crippen molar-refractivity contribution in [1.82, 2.24) is 40.9 Å². The van der Waals surface area contributed by atoms with Crippen molar-refractivity contribution in [2.24, 2.45) is 0 Å². The van der Waals surface area contributed by atoms with E-state index in [2.05, 4.69) is 21.3 Å². The molecule has 7 rings (SSSR count). The van der Waals surface area contributed by atoms with Crippen LogP contribution in [0.5, 0.6) is 0 Å². The van der Waals surface area contributed by atoms with E-state index in [1.54, 1.807) is 0 Å². The fourth-order valence-electron chi connectivity index (χ4n) is 15.1. The van der Waals surface area contributed by atoms with E-state index in [4.69, 9.17) is 56.8 Å². The Hall–Kier alpha value is -6.33. The number of rotatable bonds is 49. The number of carbonyl (C=O) groups excluding carboxylic acids is 5. The number of nitrogens with one attached hydrogen (secondary N) is 4. The van der Waals surface area contributed by atoms with E-state index in [0.717, 1.165) is 9.80 Å². The summed E-state index contributed by atoms with van der Waals surface area (Å²) in [5.41, 5.74) is -6.95. The molecular weight excluding hydrogens is 1750 g/mol. The van der Waals surface area contributed by atoms with Crippen LogP contribution in [-0.2, 0) is 100.0 Å². The molecule has 128 heavy (non-hydrogen) atoms. The van der Waals surface area contributed by atoms with E-state index >= 15 is 9.59 Å². The second kappa shape index (κ2) is 50.1. The first-order chi connectivity index (χ1) is 60.3. The van der Waals surface area contributed by atoms with Gasteiger partial charge in [-0.2, -0.15) is 0 Å². The molecular formula is C71H120N8O49. The van der Waals surface area contributed by atoms with E-state index in [-0.39, 0.29) is 13.1 Å². The molecule has 738 valence electrons. The molecule has 0 radical (unpaired) electrons. The molecule has 0 aliphatic carbocycles. The van der Waals surface area contributed by atoms with Crippen LogP contribution in [0.2, 0.25) is 0 Å². The van der Waals surface area contributed by atoms with Gasteiger partial charge in [0.15, 0.2) is 37.7 Å². The molecule has 57 nitrogen and oxygen atoms in total. The number of amides is 5. The summed E-state index contributed by atoms with van der Waals surface area (Å²) in [7, 11) is 0. The van der Waals surface area contributed by atoms with Crippen LogP contribution in [0.3, 0.4) is 0 Å². The largest absolute Gasteiger partial charge is 0.480 e. The van der Waals surface area contributed by atoms with Crippen LogP contribution in [0.25, 0.3) is 0 Å². The van der Waals surface area contributed by atoms with Crippen LogP contribution in [0.1, 0.15) is 32.1 Å². The Balaban J connectivity index is 1.25. The van der Waals surface area contributed by atoms with Crippen LogP contribution in [-0.4, -0.2) is 575 Å². The number of aliphatic hydroxyl groups is 24. The number of carboxylic acid groups (broad SMARTS) is 4. The molecule has 7 saturated heterocycles. The molecule has 32 N–H and O–H groups in total. The Bertz CT molecular complexity index is 3130. The molecule has 5 amide bonds. The maximum absolute atomic E-state index is 15.1. The fraction of sp³-hybridized carbons (Fsp3) is 0.873. The first kappa shape index (κ1) is 109. The predicted molar refractivity (Wildman–Crippen MR) is 403 cm³/mol. The first-order valence-corrected chi connectivity index (χ1v) is 40.4. The Kier molecular flexibility index (Phi) is 42.6. The summed E-state index contributed by atoms with van der Waals surface area (Å²) in [6.45, 7) is -21.5. The summed E-state index contributed by atoms with van der Waals surface area (Å²) >= 11 is 0. The van der Waals surface area contributed by atoms with E-state index in [1.807, 2.05) is 0 Å². The molecule has 30 atom stereocenters. The SMILES string of the molecule is O=C(O)CN1CCN(CC(=O)O)CC(CCC(=O)NCC(=O)NCCC(=O)N(CCC(=O)NC(COC2OC(CO)C(O)C(O)C2O)(COC2OC(CO)C(O)C(O)C2O)COC2OC(CO)C(O)C(O)C2O)CCC(=O)NC(COC2OC(CO)C(O)C(O)C2O)(COC2OC(CO)C(O)C(O)C2O)COC2OC(CO)C(O)C(O)C2O)(N(CC(=O)O)CC(=O)O)C1. The number of carbonyl (C=O) groups is 9. The van der Waals surface area contributed by atoms with Gasteiger partial charge in [-0.25, -0.2) is 0 Å². The van der Waals surface area contributed by atoms with Gasteiger partial charge in [-0.15, -0.1) is 0 Å². The molecule has 0 aromatic carbocycles. The van der Waals surface area contributed by atoms with E-state index < -0.39 is 431 Å². The molecule has 7 heterocycles. The third kappa shape index (κ3) is 29.3. The van der Waals surface area contributed by atoms with Crippen molar-refractivity contribution >= 4 is 53.4 Å². The average molecular weight is 1870 g/mol. The van der Waals surface area contributed by atoms with Gasteiger partial charge < -0.3 is 226 Å². The maximum Gasteiger partial charge on any atom is 0.317 e. The van der Waals surface area contributed by atoms with E-state index in [0.29, 0.717) is 0 Å². The third-order valence-electron chi connectivity index (χ3n) is 22.3. The van der Waals surface area contributed by atoms with Gasteiger partial charge in [-0.3, -0.25) is 57.9 Å². The van der Waals surface area contributed by atoms with Crippen molar-refractivity contribution in [2.45, 2.75) is 233 Å². The second-order valence-corrected chi connectivity index (χ2v) is 32.0. The molecule has 7 fully saturated rings. The number of carboxylic acids is 4. The zero-order valence-corrected chi connectivity index (χ0v) is 68.7. The number of nitrogens with zero attached hydrogens (tertiary/aromatic N) is 4. The number of ether oxygens (including phenoxy) is 12. The fourth-order valence-corrected chi connectivity index (χ4v) is 15.1. The summed E-state index contributed by atoms with van der Waals surface area (Å²) in [6, 6.07) is 0. The van der Waals surface area contributed by atoms with Crippen LogP contribution < -0.4 is 21.3 Å². The standard InChI is InChI=1S/C71H120N8O49/c80-16-30-45(99)51(105)57(111)63(123-30)117-24-69(25-118-64-58(112)52(106)46(100)31(17-81)124-64,26-119-65-59(113)53(107)47(101)32(18-82)125-65)74-37(87)3-7-78(40(90)2-6-72-39(89)11-73-36(86)1-5-71(79(14-43(95)96)15-44(97)98)22-76(12-41(91)92)9-10-77(23-71)13-42(93)94)8-4-38(88)75-70(27-120-66-60(114)54(108)48(102)33(19-83)126-66,28-121-67-61(115)55(109)49(103)34(20-84)127-67)29-122-68-62(116)56(110)50(104)35(21-85)128-68/h30-35,45-68,80-85,99-116H,1-29H2,(H,72,89)(H,73,86)(H,74,87)(H,75,88)(H,91,92)(H,93,94)(H,95,96)(H,97,98). The van der Waals surface area contributed by atoms with E-state index in [9.17, 15) is 177 Å². The van der Waals surface area contributed by atoms with Gasteiger partial charge in [-0.1, -0.05) is 0 Å². The molecule has 57 heteroatoms. The average Bonchev–Trinajstić information content (AvgIpc) is 1.49. The van der Waals surface area contributed by atoms with Gasteiger partial charge in [0.1, 0.15) is 158 Å². The van der Waals surface area contributed by atoms with Crippen LogP contribution in [0.4, 0.5) is 0 Å². The van der Waals surface area contributed by atoms with Crippen molar-refractivity contribution in [1.29, 1.82) is 0 Å². The lowest BCUT2D eigenvalue weighted by Gasteiger charge is -2.45. The number of hydrogen-bond donors (Lipinski definition) is 32. The minimum absolute atomic E-state index is 0.117. The molecule has 7 aliphatic rings.